The monoisotopic (exact) mass is 157 g/mol. The van der Waals surface area contributed by atoms with Gasteiger partial charge in [0.05, 0.1) is 5.75 Å². The molecule has 0 fully saturated rings. The molecule has 3 heteroatoms. The van der Waals surface area contributed by atoms with E-state index in [1.807, 2.05) is 26.2 Å². The van der Waals surface area contributed by atoms with Crippen LogP contribution in [0.1, 0.15) is 20.8 Å². The standard InChI is InChI=1S/C7H11NOS/c1-7(2,3)6(9)4-10-5-8/h4H2,1-3H3. The fourth-order valence-corrected chi connectivity index (χ4v) is 0.943. The molecule has 0 spiro atoms. The van der Waals surface area contributed by atoms with Gasteiger partial charge in [-0.05, 0) is 11.8 Å². The second-order valence-electron chi connectivity index (χ2n) is 3.05. The number of nitrogens with zero attached hydrogens (tertiary/aromatic N) is 1. The van der Waals surface area contributed by atoms with Crippen molar-refractivity contribution in [2.75, 3.05) is 5.75 Å². The Balaban J connectivity index is 3.78. The maximum atomic E-state index is 11.1. The molecule has 0 aliphatic heterocycles. The number of Topliss-reactive ketones (excluding diaryl/α,β-unsaturated/α-hetero) is 1. The molecule has 2 nitrogen and oxygen atoms in total. The molecule has 0 heterocycles. The second kappa shape index (κ2) is 3.62. The topological polar surface area (TPSA) is 40.9 Å². The van der Waals surface area contributed by atoms with Crippen LogP contribution in [0.5, 0.6) is 0 Å². The third-order valence-corrected chi connectivity index (χ3v) is 1.64. The third kappa shape index (κ3) is 3.52. The van der Waals surface area contributed by atoms with Gasteiger partial charge in [-0.15, -0.1) is 0 Å². The first-order valence-electron chi connectivity index (χ1n) is 3.02. The van der Waals surface area contributed by atoms with E-state index < -0.39 is 0 Å². The van der Waals surface area contributed by atoms with Crippen LogP contribution in [0.2, 0.25) is 0 Å². The summed E-state index contributed by atoms with van der Waals surface area (Å²) in [4.78, 5) is 11.1. The Hall–Kier alpha value is -0.490. The lowest BCUT2D eigenvalue weighted by molar-refractivity contribution is -0.123. The van der Waals surface area contributed by atoms with Gasteiger partial charge in [-0.3, -0.25) is 4.79 Å². The number of hydrogen-bond donors (Lipinski definition) is 0. The number of nitriles is 1. The maximum absolute atomic E-state index is 11.1. The van der Waals surface area contributed by atoms with Gasteiger partial charge in [0.15, 0.2) is 0 Å². The van der Waals surface area contributed by atoms with Crippen molar-refractivity contribution in [3.8, 4) is 5.40 Å². The van der Waals surface area contributed by atoms with Crippen LogP contribution in [0, 0.1) is 16.1 Å². The van der Waals surface area contributed by atoms with Gasteiger partial charge in [0.1, 0.15) is 11.2 Å². The molecule has 0 saturated heterocycles. The Bertz CT molecular complexity index is 163. The van der Waals surface area contributed by atoms with Crippen LogP contribution in [0.25, 0.3) is 0 Å². The van der Waals surface area contributed by atoms with Gasteiger partial charge in [0.2, 0.25) is 0 Å². The van der Waals surface area contributed by atoms with E-state index in [4.69, 9.17) is 5.26 Å². The van der Waals surface area contributed by atoms with Crippen molar-refractivity contribution in [1.29, 1.82) is 5.26 Å². The van der Waals surface area contributed by atoms with Crippen LogP contribution in [0.3, 0.4) is 0 Å². The van der Waals surface area contributed by atoms with Crippen LogP contribution < -0.4 is 0 Å². The number of thioether (sulfide) groups is 1. The Morgan fingerprint density at radius 1 is 1.60 bits per heavy atom. The molecule has 0 bridgehead atoms. The Labute approximate surface area is 65.6 Å². The van der Waals surface area contributed by atoms with Crippen LogP contribution in [-0.2, 0) is 4.79 Å². The summed E-state index contributed by atoms with van der Waals surface area (Å²) in [6.45, 7) is 5.56. The van der Waals surface area contributed by atoms with Crippen LogP contribution in [0.15, 0.2) is 0 Å². The van der Waals surface area contributed by atoms with E-state index in [2.05, 4.69) is 0 Å². The van der Waals surface area contributed by atoms with Gasteiger partial charge in [0, 0.05) is 5.41 Å². The second-order valence-corrected chi connectivity index (χ2v) is 3.81. The molecule has 0 aromatic heterocycles. The summed E-state index contributed by atoms with van der Waals surface area (Å²) in [6, 6.07) is 0. The number of carbonyl (C=O) groups excluding carboxylic acids is 1. The van der Waals surface area contributed by atoms with Gasteiger partial charge >= 0.3 is 0 Å². The zero-order valence-corrected chi connectivity index (χ0v) is 7.29. The average molecular weight is 157 g/mol. The highest BCUT2D eigenvalue weighted by Crippen LogP contribution is 2.16. The highest BCUT2D eigenvalue weighted by molar-refractivity contribution is 8.04. The van der Waals surface area contributed by atoms with Crippen molar-refractivity contribution in [2.24, 2.45) is 5.41 Å². The molecule has 0 saturated carbocycles. The zero-order valence-electron chi connectivity index (χ0n) is 6.47. The molecule has 0 N–H and O–H groups in total. The Morgan fingerprint density at radius 2 is 2.10 bits per heavy atom. The molecule has 0 unspecified atom stereocenters. The molecule has 56 valence electrons. The zero-order chi connectivity index (χ0) is 8.20. The molecule has 0 aromatic rings. The summed E-state index contributed by atoms with van der Waals surface area (Å²) in [6.07, 6.45) is 0. The molecule has 0 rings (SSSR count). The Morgan fingerprint density at radius 3 is 2.40 bits per heavy atom. The van der Waals surface area contributed by atoms with E-state index >= 15 is 0 Å². The van der Waals surface area contributed by atoms with Gasteiger partial charge in [-0.25, -0.2) is 0 Å². The third-order valence-electron chi connectivity index (χ3n) is 1.10. The highest BCUT2D eigenvalue weighted by Gasteiger charge is 2.20. The molecule has 0 atom stereocenters. The van der Waals surface area contributed by atoms with Gasteiger partial charge in [0.25, 0.3) is 0 Å². The summed E-state index contributed by atoms with van der Waals surface area (Å²) in [5.41, 5.74) is -0.302. The summed E-state index contributed by atoms with van der Waals surface area (Å²) in [5, 5.41) is 10.0. The summed E-state index contributed by atoms with van der Waals surface area (Å²) in [5.74, 6) is 0.430. The van der Waals surface area contributed by atoms with E-state index in [0.29, 0.717) is 5.75 Å². The molecule has 0 radical (unpaired) electrons. The predicted octanol–water partition coefficient (Wildman–Crippen LogP) is 1.82. The van der Waals surface area contributed by atoms with Crippen LogP contribution >= 0.6 is 11.8 Å². The van der Waals surface area contributed by atoms with E-state index in [1.165, 1.54) is 0 Å². The van der Waals surface area contributed by atoms with E-state index in [1.54, 1.807) is 0 Å². The van der Waals surface area contributed by atoms with E-state index in [-0.39, 0.29) is 11.2 Å². The summed E-state index contributed by atoms with van der Waals surface area (Å²) < 4.78 is 0. The Kier molecular flexibility index (Phi) is 3.45. The largest absolute Gasteiger partial charge is 0.298 e. The number of hydrogen-bond acceptors (Lipinski definition) is 3. The van der Waals surface area contributed by atoms with Crippen molar-refractivity contribution in [3.05, 3.63) is 0 Å². The first-order chi connectivity index (χ1) is 4.48. The first kappa shape index (κ1) is 9.51. The van der Waals surface area contributed by atoms with Gasteiger partial charge in [-0.2, -0.15) is 5.26 Å². The molecular formula is C7H11NOS. The fraction of sp³-hybridized carbons (Fsp3) is 0.714. The van der Waals surface area contributed by atoms with Crippen molar-refractivity contribution < 1.29 is 4.79 Å². The van der Waals surface area contributed by atoms with Gasteiger partial charge in [-0.1, -0.05) is 20.8 Å². The molecule has 0 amide bonds. The number of rotatable bonds is 2. The minimum atomic E-state index is -0.302. The van der Waals surface area contributed by atoms with Crippen molar-refractivity contribution in [1.82, 2.24) is 0 Å². The van der Waals surface area contributed by atoms with Gasteiger partial charge < -0.3 is 0 Å². The summed E-state index contributed by atoms with van der Waals surface area (Å²) in [7, 11) is 0. The average Bonchev–Trinajstić information content (AvgIpc) is 1.80. The van der Waals surface area contributed by atoms with Crippen LogP contribution in [0.4, 0.5) is 0 Å². The maximum Gasteiger partial charge on any atom is 0.149 e. The first-order valence-corrected chi connectivity index (χ1v) is 4.01. The number of carbonyl (C=O) groups is 1. The summed E-state index contributed by atoms with van der Waals surface area (Å²) >= 11 is 0.999. The molecule has 10 heavy (non-hydrogen) atoms. The SMILES string of the molecule is CC(C)(C)C(=O)CSC#N. The van der Waals surface area contributed by atoms with Crippen molar-refractivity contribution in [3.63, 3.8) is 0 Å². The predicted molar refractivity (Wildman–Crippen MR) is 42.5 cm³/mol. The lowest BCUT2D eigenvalue weighted by atomic mass is 9.92. The molecule has 0 aromatic carbocycles. The number of thiocyanates is 1. The highest BCUT2D eigenvalue weighted by atomic mass is 32.2. The quantitative estimate of drug-likeness (QED) is 0.574. The number of ketones is 1. The van der Waals surface area contributed by atoms with E-state index in [0.717, 1.165) is 11.8 Å². The van der Waals surface area contributed by atoms with Crippen LogP contribution in [-0.4, -0.2) is 11.5 Å². The van der Waals surface area contributed by atoms with Crippen molar-refractivity contribution in [2.45, 2.75) is 20.8 Å². The molecular weight excluding hydrogens is 146 g/mol. The fourth-order valence-electron chi connectivity index (χ4n) is 0.314. The minimum absolute atomic E-state index is 0.124. The lowest BCUT2D eigenvalue weighted by Crippen LogP contribution is -2.21. The normalized spacial score (nSPS) is 10.6. The van der Waals surface area contributed by atoms with E-state index in [9.17, 15) is 4.79 Å². The molecule has 0 aliphatic rings. The van der Waals surface area contributed by atoms with Crippen molar-refractivity contribution >= 4 is 17.5 Å². The lowest BCUT2D eigenvalue weighted by Gasteiger charge is -2.14. The molecule has 0 aliphatic carbocycles. The smallest absolute Gasteiger partial charge is 0.149 e. The minimum Gasteiger partial charge on any atom is -0.298 e.